The van der Waals surface area contributed by atoms with Gasteiger partial charge >= 0.3 is 5.97 Å². The summed E-state index contributed by atoms with van der Waals surface area (Å²) >= 11 is 0. The molecule has 3 aromatic rings. The molecule has 1 aliphatic rings. The zero-order valence-electron chi connectivity index (χ0n) is 23.4. The number of carbonyl (C=O) groups excluding carboxylic acids is 2. The molecule has 3 aromatic carbocycles. The van der Waals surface area contributed by atoms with Crippen molar-refractivity contribution < 1.29 is 19.4 Å². The summed E-state index contributed by atoms with van der Waals surface area (Å²) in [5, 5.41) is 20.1. The van der Waals surface area contributed by atoms with Crippen molar-refractivity contribution in [2.45, 2.75) is 13.3 Å². The highest BCUT2D eigenvalue weighted by molar-refractivity contribution is 6.06. The summed E-state index contributed by atoms with van der Waals surface area (Å²) < 4.78 is 5.16. The maximum atomic E-state index is 13.3. The van der Waals surface area contributed by atoms with Crippen molar-refractivity contribution in [3.8, 4) is 0 Å². The van der Waals surface area contributed by atoms with Crippen LogP contribution in [0, 0.1) is 5.41 Å². The highest BCUT2D eigenvalue weighted by Crippen LogP contribution is 2.24. The van der Waals surface area contributed by atoms with Crippen LogP contribution in [0.3, 0.4) is 0 Å². The molecule has 216 valence electrons. The van der Waals surface area contributed by atoms with Crippen molar-refractivity contribution in [1.82, 2.24) is 4.90 Å². The molecule has 0 aliphatic carbocycles. The molecule has 1 amide bonds. The lowest BCUT2D eigenvalue weighted by molar-refractivity contribution is 0.0526. The lowest BCUT2D eigenvalue weighted by Gasteiger charge is -2.23. The normalized spacial score (nSPS) is 13.8. The van der Waals surface area contributed by atoms with Crippen molar-refractivity contribution in [3.63, 3.8) is 0 Å². The molecule has 9 heteroatoms. The number of rotatable bonds is 9. The Kier molecular flexibility index (Phi) is 11.6. The van der Waals surface area contributed by atoms with E-state index in [4.69, 9.17) is 10.1 Å². The van der Waals surface area contributed by atoms with Gasteiger partial charge in [-0.05, 0) is 86.1 Å². The van der Waals surface area contributed by atoms with E-state index in [1.165, 1.54) is 0 Å². The van der Waals surface area contributed by atoms with Gasteiger partial charge in [0.05, 0.1) is 24.5 Å². The number of aliphatic hydroxyl groups is 1. The topological polar surface area (TPSA) is 106 Å². The van der Waals surface area contributed by atoms with Crippen molar-refractivity contribution >= 4 is 53.5 Å². The SMILES string of the molecule is CCOC(=O)c1ccc(/C=C/c2cccc(C(=N)CO)c2)c(NC(=O)c2ccc(N3CCCN(C)CC3)cc2)c1.Cl. The third-order valence-corrected chi connectivity index (χ3v) is 6.88. The van der Waals surface area contributed by atoms with Crippen LogP contribution in [0.25, 0.3) is 12.2 Å². The van der Waals surface area contributed by atoms with Gasteiger partial charge in [0, 0.05) is 36.6 Å². The van der Waals surface area contributed by atoms with E-state index in [2.05, 4.69) is 22.2 Å². The summed E-state index contributed by atoms with van der Waals surface area (Å²) in [4.78, 5) is 30.3. The number of hydrogen-bond donors (Lipinski definition) is 3. The number of aliphatic hydroxyl groups excluding tert-OH is 1. The number of nitrogens with zero attached hydrogens (tertiary/aromatic N) is 2. The van der Waals surface area contributed by atoms with Gasteiger partial charge in [-0.2, -0.15) is 0 Å². The Labute approximate surface area is 247 Å². The molecule has 1 fully saturated rings. The predicted octanol–water partition coefficient (Wildman–Crippen LogP) is 5.21. The van der Waals surface area contributed by atoms with Gasteiger partial charge in [0.25, 0.3) is 5.91 Å². The van der Waals surface area contributed by atoms with Crippen molar-refractivity contribution in [2.75, 3.05) is 56.7 Å². The minimum absolute atomic E-state index is 0. The quantitative estimate of drug-likeness (QED) is 0.183. The van der Waals surface area contributed by atoms with E-state index in [0.717, 1.165) is 43.9 Å². The first-order chi connectivity index (χ1) is 19.4. The smallest absolute Gasteiger partial charge is 0.338 e. The van der Waals surface area contributed by atoms with Crippen LogP contribution in [0.15, 0.2) is 66.7 Å². The first-order valence-corrected chi connectivity index (χ1v) is 13.5. The summed E-state index contributed by atoms with van der Waals surface area (Å²) in [5.41, 5.74) is 4.73. The number of esters is 1. The molecule has 0 spiro atoms. The summed E-state index contributed by atoms with van der Waals surface area (Å²) in [6.07, 6.45) is 4.79. The minimum Gasteiger partial charge on any atom is -0.462 e. The fraction of sp³-hybridized carbons (Fsp3) is 0.281. The Balaban J connectivity index is 0.00000462. The number of halogens is 1. The Bertz CT molecular complexity index is 1390. The number of nitrogens with one attached hydrogen (secondary N) is 2. The first kappa shape index (κ1) is 31.5. The number of likely N-dealkylation sites (N-methyl/N-ethyl adjacent to an activating group) is 1. The standard InChI is InChI=1S/C32H36N4O4.ClH/c1-3-40-32(39)27-11-10-24(9-8-23-6-4-7-26(20-23)29(33)22-37)30(21-27)34-31(38)25-12-14-28(15-13-25)36-17-5-16-35(2)18-19-36;/h4,6-15,20-21,33,37H,3,5,16-19,22H2,1-2H3,(H,34,38);1H/b9-8+,33-29?;. The molecule has 41 heavy (non-hydrogen) atoms. The number of carbonyl (C=O) groups is 2. The van der Waals surface area contributed by atoms with E-state index >= 15 is 0 Å². The van der Waals surface area contributed by atoms with Gasteiger partial charge in [-0.15, -0.1) is 12.4 Å². The third kappa shape index (κ3) is 8.50. The van der Waals surface area contributed by atoms with Crippen LogP contribution >= 0.6 is 12.4 Å². The van der Waals surface area contributed by atoms with Crippen molar-refractivity contribution in [2.24, 2.45) is 0 Å². The molecular formula is C32H37ClN4O4. The average Bonchev–Trinajstić information content (AvgIpc) is 3.20. The number of hydrogen-bond acceptors (Lipinski definition) is 7. The van der Waals surface area contributed by atoms with Crippen LogP contribution in [0.4, 0.5) is 11.4 Å². The highest BCUT2D eigenvalue weighted by atomic mass is 35.5. The summed E-state index contributed by atoms with van der Waals surface area (Å²) in [5.74, 6) is -0.743. The van der Waals surface area contributed by atoms with Crippen molar-refractivity contribution in [1.29, 1.82) is 5.41 Å². The molecule has 1 aliphatic heterocycles. The molecule has 0 radical (unpaired) electrons. The number of amides is 1. The second-order valence-electron chi connectivity index (χ2n) is 9.76. The van der Waals surface area contributed by atoms with E-state index in [0.29, 0.717) is 27.9 Å². The van der Waals surface area contributed by atoms with Crippen LogP contribution in [0.1, 0.15) is 50.8 Å². The zero-order chi connectivity index (χ0) is 28.5. The summed E-state index contributed by atoms with van der Waals surface area (Å²) in [6.45, 7) is 5.67. The largest absolute Gasteiger partial charge is 0.462 e. The van der Waals surface area contributed by atoms with E-state index in [1.807, 2.05) is 54.6 Å². The zero-order valence-corrected chi connectivity index (χ0v) is 24.2. The van der Waals surface area contributed by atoms with Gasteiger partial charge in [0.15, 0.2) is 0 Å². The third-order valence-electron chi connectivity index (χ3n) is 6.88. The molecule has 0 aromatic heterocycles. The van der Waals surface area contributed by atoms with Crippen LogP contribution in [0.5, 0.6) is 0 Å². The number of ether oxygens (including phenoxy) is 1. The lowest BCUT2D eigenvalue weighted by Crippen LogP contribution is -2.28. The molecule has 0 atom stereocenters. The fourth-order valence-corrected chi connectivity index (χ4v) is 4.58. The Hall–Kier alpha value is -3.98. The Morgan fingerprint density at radius 1 is 0.951 bits per heavy atom. The average molecular weight is 577 g/mol. The summed E-state index contributed by atoms with van der Waals surface area (Å²) in [6, 6.07) is 19.9. The molecule has 1 heterocycles. The first-order valence-electron chi connectivity index (χ1n) is 13.5. The molecular weight excluding hydrogens is 540 g/mol. The van der Waals surface area contributed by atoms with E-state index in [1.54, 1.807) is 31.2 Å². The highest BCUT2D eigenvalue weighted by Gasteiger charge is 2.15. The molecule has 0 saturated carbocycles. The number of benzene rings is 3. The maximum absolute atomic E-state index is 13.3. The molecule has 0 bridgehead atoms. The molecule has 3 N–H and O–H groups in total. The van der Waals surface area contributed by atoms with Gasteiger partial charge < -0.3 is 30.4 Å². The second kappa shape index (κ2) is 15.1. The molecule has 8 nitrogen and oxygen atoms in total. The van der Waals surface area contributed by atoms with Gasteiger partial charge in [-0.25, -0.2) is 4.79 Å². The summed E-state index contributed by atoms with van der Waals surface area (Å²) in [7, 11) is 2.14. The Morgan fingerprint density at radius 3 is 2.44 bits per heavy atom. The van der Waals surface area contributed by atoms with Gasteiger partial charge in [-0.3, -0.25) is 4.79 Å². The van der Waals surface area contributed by atoms with Crippen LogP contribution in [-0.2, 0) is 4.74 Å². The van der Waals surface area contributed by atoms with Gasteiger partial charge in [0.2, 0.25) is 0 Å². The van der Waals surface area contributed by atoms with Crippen LogP contribution in [-0.4, -0.2) is 74.0 Å². The monoisotopic (exact) mass is 576 g/mol. The van der Waals surface area contributed by atoms with Crippen LogP contribution in [0.2, 0.25) is 0 Å². The second-order valence-corrected chi connectivity index (χ2v) is 9.76. The van der Waals surface area contributed by atoms with Crippen LogP contribution < -0.4 is 10.2 Å². The number of anilines is 2. The van der Waals surface area contributed by atoms with E-state index in [-0.39, 0.29) is 37.2 Å². The van der Waals surface area contributed by atoms with Gasteiger partial charge in [-0.1, -0.05) is 36.4 Å². The molecule has 0 unspecified atom stereocenters. The van der Waals surface area contributed by atoms with Gasteiger partial charge in [0.1, 0.15) is 0 Å². The van der Waals surface area contributed by atoms with E-state index in [9.17, 15) is 14.7 Å². The Morgan fingerprint density at radius 2 is 1.71 bits per heavy atom. The maximum Gasteiger partial charge on any atom is 0.338 e. The molecule has 4 rings (SSSR count). The minimum atomic E-state index is -0.462. The van der Waals surface area contributed by atoms with Crippen molar-refractivity contribution in [3.05, 3.63) is 94.5 Å². The fourth-order valence-electron chi connectivity index (χ4n) is 4.58. The van der Waals surface area contributed by atoms with E-state index < -0.39 is 5.97 Å². The molecule has 1 saturated heterocycles. The lowest BCUT2D eigenvalue weighted by atomic mass is 10.0. The predicted molar refractivity (Wildman–Crippen MR) is 168 cm³/mol.